The Hall–Kier alpha value is -1.75. The summed E-state index contributed by atoms with van der Waals surface area (Å²) in [4.78, 5) is 0. The van der Waals surface area contributed by atoms with Gasteiger partial charge in [0, 0.05) is 0 Å². The smallest absolute Gasteiger partial charge is 0.170 e. The van der Waals surface area contributed by atoms with Gasteiger partial charge in [-0.1, -0.05) is 39.8 Å². The Labute approximate surface area is 120 Å². The van der Waals surface area contributed by atoms with Crippen LogP contribution in [0.2, 0.25) is 0 Å². The van der Waals surface area contributed by atoms with Crippen molar-refractivity contribution in [3.05, 3.63) is 35.7 Å². The summed E-state index contributed by atoms with van der Waals surface area (Å²) in [5.74, 6) is 0.835. The van der Waals surface area contributed by atoms with Crippen LogP contribution in [0.25, 0.3) is 5.69 Å². The molecule has 2 rings (SSSR count). The quantitative estimate of drug-likeness (QED) is 0.850. The monoisotopic (exact) mass is 273 g/mol. The SMILES string of the molecule is CCCNCc1nnnn1-c1ccc(C(C)(C)C)cc1. The predicted molar refractivity (Wildman–Crippen MR) is 79.9 cm³/mol. The lowest BCUT2D eigenvalue weighted by molar-refractivity contribution is 0.589. The van der Waals surface area contributed by atoms with Gasteiger partial charge in [0.15, 0.2) is 5.82 Å². The molecule has 5 nitrogen and oxygen atoms in total. The lowest BCUT2D eigenvalue weighted by Gasteiger charge is -2.19. The second-order valence-corrected chi connectivity index (χ2v) is 5.98. The Bertz CT molecular complexity index is 536. The molecule has 0 spiro atoms. The third-order valence-corrected chi connectivity index (χ3v) is 3.22. The molecule has 0 amide bonds. The van der Waals surface area contributed by atoms with Gasteiger partial charge in [0.2, 0.25) is 0 Å². The summed E-state index contributed by atoms with van der Waals surface area (Å²) in [5.41, 5.74) is 2.46. The van der Waals surface area contributed by atoms with Crippen molar-refractivity contribution in [2.24, 2.45) is 0 Å². The molecule has 0 aliphatic heterocycles. The molecule has 0 aliphatic rings. The molecule has 108 valence electrons. The topological polar surface area (TPSA) is 55.6 Å². The molecule has 0 saturated heterocycles. The third-order valence-electron chi connectivity index (χ3n) is 3.22. The summed E-state index contributed by atoms with van der Waals surface area (Å²) >= 11 is 0. The lowest BCUT2D eigenvalue weighted by atomic mass is 9.87. The van der Waals surface area contributed by atoms with Crippen LogP contribution >= 0.6 is 0 Å². The summed E-state index contributed by atoms with van der Waals surface area (Å²) < 4.78 is 1.79. The molecular formula is C15H23N5. The highest BCUT2D eigenvalue weighted by Crippen LogP contribution is 2.23. The molecule has 0 radical (unpaired) electrons. The van der Waals surface area contributed by atoms with Crippen molar-refractivity contribution in [2.75, 3.05) is 6.54 Å². The van der Waals surface area contributed by atoms with Gasteiger partial charge < -0.3 is 5.32 Å². The average molecular weight is 273 g/mol. The standard InChI is InChI=1S/C15H23N5/c1-5-10-16-11-14-17-18-19-20(14)13-8-6-12(7-9-13)15(2,3)4/h6-9,16H,5,10-11H2,1-4H3. The molecular weight excluding hydrogens is 250 g/mol. The maximum atomic E-state index is 4.07. The highest BCUT2D eigenvalue weighted by Gasteiger charge is 2.14. The summed E-state index contributed by atoms with van der Waals surface area (Å²) in [6.45, 7) is 10.4. The van der Waals surface area contributed by atoms with Crippen LogP contribution in [0, 0.1) is 0 Å². The minimum Gasteiger partial charge on any atom is -0.310 e. The summed E-state index contributed by atoms with van der Waals surface area (Å²) in [7, 11) is 0. The van der Waals surface area contributed by atoms with Gasteiger partial charge in [-0.05, 0) is 46.5 Å². The zero-order chi connectivity index (χ0) is 14.6. The second kappa shape index (κ2) is 6.13. The first kappa shape index (κ1) is 14.7. The first-order valence-electron chi connectivity index (χ1n) is 7.11. The van der Waals surface area contributed by atoms with E-state index in [1.165, 1.54) is 5.56 Å². The molecule has 0 atom stereocenters. The lowest BCUT2D eigenvalue weighted by Crippen LogP contribution is -2.17. The van der Waals surface area contributed by atoms with E-state index in [1.54, 1.807) is 4.68 Å². The van der Waals surface area contributed by atoms with E-state index in [1.807, 2.05) is 0 Å². The minimum atomic E-state index is 0.157. The highest BCUT2D eigenvalue weighted by atomic mass is 15.5. The van der Waals surface area contributed by atoms with Crippen molar-refractivity contribution >= 4 is 0 Å². The van der Waals surface area contributed by atoms with Crippen LogP contribution < -0.4 is 5.32 Å². The molecule has 0 saturated carbocycles. The van der Waals surface area contributed by atoms with Crippen LogP contribution in [0.1, 0.15) is 45.5 Å². The van der Waals surface area contributed by atoms with Gasteiger partial charge in [-0.3, -0.25) is 0 Å². The van der Waals surface area contributed by atoms with Gasteiger partial charge in [-0.15, -0.1) is 5.10 Å². The third kappa shape index (κ3) is 3.42. The van der Waals surface area contributed by atoms with Crippen molar-refractivity contribution in [2.45, 2.75) is 46.1 Å². The summed E-state index contributed by atoms with van der Waals surface area (Å²) in [6.07, 6.45) is 1.10. The molecule has 1 heterocycles. The fourth-order valence-electron chi connectivity index (χ4n) is 2.00. The van der Waals surface area contributed by atoms with Crippen LogP contribution in [0.15, 0.2) is 24.3 Å². The normalized spacial score (nSPS) is 11.8. The van der Waals surface area contributed by atoms with E-state index in [4.69, 9.17) is 0 Å². The first-order valence-corrected chi connectivity index (χ1v) is 7.11. The number of nitrogens with zero attached hydrogens (tertiary/aromatic N) is 4. The van der Waals surface area contributed by atoms with Crippen molar-refractivity contribution in [3.8, 4) is 5.69 Å². The van der Waals surface area contributed by atoms with Crippen molar-refractivity contribution < 1.29 is 0 Å². The molecule has 20 heavy (non-hydrogen) atoms. The Morgan fingerprint density at radius 2 is 1.85 bits per heavy atom. The van der Waals surface area contributed by atoms with E-state index in [0.717, 1.165) is 24.5 Å². The number of hydrogen-bond acceptors (Lipinski definition) is 4. The van der Waals surface area contributed by atoms with Crippen LogP contribution in [0.4, 0.5) is 0 Å². The Morgan fingerprint density at radius 3 is 2.45 bits per heavy atom. The Morgan fingerprint density at radius 1 is 1.15 bits per heavy atom. The fraction of sp³-hybridized carbons (Fsp3) is 0.533. The van der Waals surface area contributed by atoms with Gasteiger partial charge in [0.05, 0.1) is 12.2 Å². The number of nitrogens with one attached hydrogen (secondary N) is 1. The van der Waals surface area contributed by atoms with Crippen molar-refractivity contribution in [3.63, 3.8) is 0 Å². The fourth-order valence-corrected chi connectivity index (χ4v) is 2.00. The van der Waals surface area contributed by atoms with Crippen LogP contribution in [-0.4, -0.2) is 26.8 Å². The van der Waals surface area contributed by atoms with Crippen molar-refractivity contribution in [1.29, 1.82) is 0 Å². The maximum absolute atomic E-state index is 4.07. The molecule has 0 fully saturated rings. The average Bonchev–Trinajstić information content (AvgIpc) is 2.87. The molecule has 1 aromatic carbocycles. The molecule has 2 aromatic rings. The number of rotatable bonds is 5. The van der Waals surface area contributed by atoms with Crippen LogP contribution in [-0.2, 0) is 12.0 Å². The minimum absolute atomic E-state index is 0.157. The number of benzene rings is 1. The molecule has 1 aromatic heterocycles. The van der Waals surface area contributed by atoms with E-state index >= 15 is 0 Å². The molecule has 5 heteroatoms. The molecule has 1 N–H and O–H groups in total. The van der Waals surface area contributed by atoms with Crippen LogP contribution in [0.5, 0.6) is 0 Å². The largest absolute Gasteiger partial charge is 0.310 e. The highest BCUT2D eigenvalue weighted by molar-refractivity contribution is 5.36. The van der Waals surface area contributed by atoms with E-state index in [2.05, 4.69) is 72.8 Å². The second-order valence-electron chi connectivity index (χ2n) is 5.98. The van der Waals surface area contributed by atoms with E-state index < -0.39 is 0 Å². The Balaban J connectivity index is 2.18. The molecule has 0 bridgehead atoms. The van der Waals surface area contributed by atoms with Gasteiger partial charge in [-0.25, -0.2) is 0 Å². The summed E-state index contributed by atoms with van der Waals surface area (Å²) in [6, 6.07) is 8.42. The van der Waals surface area contributed by atoms with Gasteiger partial charge in [0.1, 0.15) is 0 Å². The Kier molecular flexibility index (Phi) is 4.49. The number of aromatic nitrogens is 4. The molecule has 0 unspecified atom stereocenters. The number of tetrazole rings is 1. The first-order chi connectivity index (χ1) is 9.52. The zero-order valence-corrected chi connectivity index (χ0v) is 12.7. The van der Waals surface area contributed by atoms with Crippen molar-refractivity contribution in [1.82, 2.24) is 25.5 Å². The van der Waals surface area contributed by atoms with E-state index in [-0.39, 0.29) is 5.41 Å². The van der Waals surface area contributed by atoms with Gasteiger partial charge in [-0.2, -0.15) is 4.68 Å². The zero-order valence-electron chi connectivity index (χ0n) is 12.7. The predicted octanol–water partition coefficient (Wildman–Crippen LogP) is 2.46. The maximum Gasteiger partial charge on any atom is 0.170 e. The molecule has 0 aliphatic carbocycles. The number of hydrogen-bond donors (Lipinski definition) is 1. The van der Waals surface area contributed by atoms with Gasteiger partial charge >= 0.3 is 0 Å². The van der Waals surface area contributed by atoms with E-state index in [0.29, 0.717) is 6.54 Å². The summed E-state index contributed by atoms with van der Waals surface area (Å²) in [5, 5.41) is 15.2. The van der Waals surface area contributed by atoms with E-state index in [9.17, 15) is 0 Å². The van der Waals surface area contributed by atoms with Crippen LogP contribution in [0.3, 0.4) is 0 Å². The van der Waals surface area contributed by atoms with Gasteiger partial charge in [0.25, 0.3) is 0 Å².